The van der Waals surface area contributed by atoms with Gasteiger partial charge in [0.05, 0.1) is 0 Å². The molecular formula is C13H29N. The average molecular weight is 199 g/mol. The molecule has 1 heteroatoms. The number of hydrogen-bond donors (Lipinski definition) is 1. The van der Waals surface area contributed by atoms with Crippen LogP contribution < -0.4 is 5.32 Å². The van der Waals surface area contributed by atoms with Gasteiger partial charge in [0.2, 0.25) is 0 Å². The number of unbranched alkanes of at least 4 members (excludes halogenated alkanes) is 1. The lowest BCUT2D eigenvalue weighted by Gasteiger charge is -2.22. The summed E-state index contributed by atoms with van der Waals surface area (Å²) in [6, 6.07) is 1.38. The largest absolute Gasteiger partial charge is 0.312 e. The molecule has 0 amide bonds. The molecule has 0 aromatic rings. The van der Waals surface area contributed by atoms with Crippen LogP contribution in [0.3, 0.4) is 0 Å². The minimum atomic E-state index is 0.629. The van der Waals surface area contributed by atoms with Crippen molar-refractivity contribution in [3.63, 3.8) is 0 Å². The molecule has 0 spiro atoms. The first kappa shape index (κ1) is 14.0. The van der Waals surface area contributed by atoms with Crippen molar-refractivity contribution in [3.8, 4) is 0 Å². The highest BCUT2D eigenvalue weighted by Gasteiger charge is 2.09. The lowest BCUT2D eigenvalue weighted by molar-refractivity contribution is 0.377. The van der Waals surface area contributed by atoms with Crippen molar-refractivity contribution in [2.24, 2.45) is 5.92 Å². The second-order valence-electron chi connectivity index (χ2n) is 5.13. The van der Waals surface area contributed by atoms with Crippen LogP contribution in [-0.2, 0) is 0 Å². The maximum Gasteiger partial charge on any atom is 0.00695 e. The monoisotopic (exact) mass is 199 g/mol. The number of rotatable bonds is 8. The number of hydrogen-bond acceptors (Lipinski definition) is 1. The zero-order chi connectivity index (χ0) is 11.0. The summed E-state index contributed by atoms with van der Waals surface area (Å²) in [5.74, 6) is 0.841. The predicted molar refractivity (Wildman–Crippen MR) is 65.7 cm³/mol. The Hall–Kier alpha value is -0.0400. The Labute approximate surface area is 90.7 Å². The first-order valence-electron chi connectivity index (χ1n) is 6.32. The zero-order valence-corrected chi connectivity index (χ0v) is 10.8. The van der Waals surface area contributed by atoms with Gasteiger partial charge in [-0.05, 0) is 25.2 Å². The minimum Gasteiger partial charge on any atom is -0.312 e. The smallest absolute Gasteiger partial charge is 0.00695 e. The summed E-state index contributed by atoms with van der Waals surface area (Å²) in [4.78, 5) is 0. The molecule has 1 N–H and O–H groups in total. The molecule has 14 heavy (non-hydrogen) atoms. The summed E-state index contributed by atoms with van der Waals surface area (Å²) >= 11 is 0. The van der Waals surface area contributed by atoms with Crippen LogP contribution in [0.2, 0.25) is 0 Å². The maximum atomic E-state index is 3.67. The molecule has 0 radical (unpaired) electrons. The van der Waals surface area contributed by atoms with Crippen molar-refractivity contribution in [1.29, 1.82) is 0 Å². The van der Waals surface area contributed by atoms with Gasteiger partial charge in [0.25, 0.3) is 0 Å². The van der Waals surface area contributed by atoms with Gasteiger partial charge in [0, 0.05) is 12.1 Å². The number of nitrogens with one attached hydrogen (secondary N) is 1. The van der Waals surface area contributed by atoms with E-state index in [0.717, 1.165) is 12.0 Å². The van der Waals surface area contributed by atoms with Crippen molar-refractivity contribution in [2.75, 3.05) is 0 Å². The fourth-order valence-corrected chi connectivity index (χ4v) is 1.77. The first-order valence-corrected chi connectivity index (χ1v) is 6.32. The normalized spacial score (nSPS) is 13.9. The van der Waals surface area contributed by atoms with Crippen molar-refractivity contribution in [2.45, 2.75) is 78.8 Å². The molecule has 0 saturated heterocycles. The molecule has 0 aliphatic rings. The van der Waals surface area contributed by atoms with Gasteiger partial charge in [0.15, 0.2) is 0 Å². The van der Waals surface area contributed by atoms with E-state index >= 15 is 0 Å². The Morgan fingerprint density at radius 3 is 2.00 bits per heavy atom. The highest BCUT2D eigenvalue weighted by atomic mass is 14.9. The minimum absolute atomic E-state index is 0.629. The molecule has 0 saturated carbocycles. The van der Waals surface area contributed by atoms with Crippen molar-refractivity contribution in [3.05, 3.63) is 0 Å². The highest BCUT2D eigenvalue weighted by molar-refractivity contribution is 4.69. The maximum absolute atomic E-state index is 3.67. The Balaban J connectivity index is 3.72. The third-order valence-electron chi connectivity index (χ3n) is 2.57. The van der Waals surface area contributed by atoms with Crippen LogP contribution in [0.15, 0.2) is 0 Å². The topological polar surface area (TPSA) is 12.0 Å². The van der Waals surface area contributed by atoms with Gasteiger partial charge < -0.3 is 5.32 Å². The lowest BCUT2D eigenvalue weighted by Crippen LogP contribution is -2.34. The van der Waals surface area contributed by atoms with Crippen molar-refractivity contribution in [1.82, 2.24) is 5.32 Å². The Bertz CT molecular complexity index is 118. The van der Waals surface area contributed by atoms with Crippen LogP contribution in [0, 0.1) is 5.92 Å². The molecule has 0 aliphatic carbocycles. The van der Waals surface area contributed by atoms with E-state index in [4.69, 9.17) is 0 Å². The first-order chi connectivity index (χ1) is 6.56. The molecule has 0 aliphatic heterocycles. The summed E-state index contributed by atoms with van der Waals surface area (Å²) in [7, 11) is 0. The third kappa shape index (κ3) is 8.55. The summed E-state index contributed by atoms with van der Waals surface area (Å²) in [5, 5.41) is 3.67. The van der Waals surface area contributed by atoms with Crippen LogP contribution in [0.4, 0.5) is 0 Å². The fourth-order valence-electron chi connectivity index (χ4n) is 1.77. The second-order valence-corrected chi connectivity index (χ2v) is 5.13. The van der Waals surface area contributed by atoms with E-state index in [9.17, 15) is 0 Å². The van der Waals surface area contributed by atoms with Gasteiger partial charge in [-0.3, -0.25) is 0 Å². The summed E-state index contributed by atoms with van der Waals surface area (Å²) in [6.07, 6.45) is 6.73. The van der Waals surface area contributed by atoms with Crippen LogP contribution in [0.25, 0.3) is 0 Å². The van der Waals surface area contributed by atoms with E-state index in [1.54, 1.807) is 0 Å². The van der Waals surface area contributed by atoms with Crippen LogP contribution in [0.5, 0.6) is 0 Å². The fraction of sp³-hybridized carbons (Fsp3) is 1.00. The molecule has 1 unspecified atom stereocenters. The van der Waals surface area contributed by atoms with Gasteiger partial charge in [-0.25, -0.2) is 0 Å². The molecule has 0 rings (SSSR count). The Morgan fingerprint density at radius 1 is 0.929 bits per heavy atom. The molecule has 1 atom stereocenters. The third-order valence-corrected chi connectivity index (χ3v) is 2.57. The van der Waals surface area contributed by atoms with Gasteiger partial charge in [-0.15, -0.1) is 0 Å². The van der Waals surface area contributed by atoms with Gasteiger partial charge in [0.1, 0.15) is 0 Å². The van der Waals surface area contributed by atoms with E-state index in [2.05, 4.69) is 39.9 Å². The van der Waals surface area contributed by atoms with Gasteiger partial charge in [-0.2, -0.15) is 0 Å². The van der Waals surface area contributed by atoms with Crippen LogP contribution in [0.1, 0.15) is 66.7 Å². The second kappa shape index (κ2) is 8.28. The Morgan fingerprint density at radius 2 is 1.57 bits per heavy atom. The van der Waals surface area contributed by atoms with E-state index in [0.29, 0.717) is 6.04 Å². The molecule has 0 heterocycles. The van der Waals surface area contributed by atoms with E-state index in [-0.39, 0.29) is 0 Å². The van der Waals surface area contributed by atoms with Gasteiger partial charge in [-0.1, -0.05) is 47.5 Å². The quantitative estimate of drug-likeness (QED) is 0.623. The highest BCUT2D eigenvalue weighted by Crippen LogP contribution is 2.12. The summed E-state index contributed by atoms with van der Waals surface area (Å²) < 4.78 is 0. The van der Waals surface area contributed by atoms with Crippen molar-refractivity contribution < 1.29 is 0 Å². The SMILES string of the molecule is CCCCC(CCC(C)C)NC(C)C. The summed E-state index contributed by atoms with van der Waals surface area (Å²) in [6.45, 7) is 11.4. The summed E-state index contributed by atoms with van der Waals surface area (Å²) in [5.41, 5.74) is 0. The van der Waals surface area contributed by atoms with E-state index in [1.165, 1.54) is 32.1 Å². The molecule has 0 aromatic heterocycles. The lowest BCUT2D eigenvalue weighted by atomic mass is 9.99. The zero-order valence-electron chi connectivity index (χ0n) is 10.8. The van der Waals surface area contributed by atoms with E-state index < -0.39 is 0 Å². The average Bonchev–Trinajstić information content (AvgIpc) is 2.09. The van der Waals surface area contributed by atoms with Gasteiger partial charge >= 0.3 is 0 Å². The Kier molecular flexibility index (Phi) is 8.26. The molecular weight excluding hydrogens is 170 g/mol. The predicted octanol–water partition coefficient (Wildman–Crippen LogP) is 3.98. The standard InChI is InChI=1S/C13H29N/c1-6-7-8-13(14-12(4)5)10-9-11(2)3/h11-14H,6-10H2,1-5H3. The molecule has 1 nitrogen and oxygen atoms in total. The van der Waals surface area contributed by atoms with Crippen LogP contribution in [-0.4, -0.2) is 12.1 Å². The molecule has 0 bridgehead atoms. The molecule has 0 aromatic carbocycles. The molecule has 0 fully saturated rings. The van der Waals surface area contributed by atoms with E-state index in [1.807, 2.05) is 0 Å². The van der Waals surface area contributed by atoms with Crippen molar-refractivity contribution >= 4 is 0 Å². The van der Waals surface area contributed by atoms with Crippen LogP contribution >= 0.6 is 0 Å². The molecule has 86 valence electrons.